The van der Waals surface area contributed by atoms with Gasteiger partial charge >= 0.3 is 5.97 Å². The summed E-state index contributed by atoms with van der Waals surface area (Å²) in [5.74, 6) is -0.771. The number of rotatable bonds is 5. The minimum atomic E-state index is -0.992. The van der Waals surface area contributed by atoms with Gasteiger partial charge in [0.1, 0.15) is 6.04 Å². The van der Waals surface area contributed by atoms with Gasteiger partial charge in [0.15, 0.2) is 0 Å². The molecule has 0 spiro atoms. The molecule has 0 aliphatic carbocycles. The lowest BCUT2D eigenvalue weighted by Crippen LogP contribution is -2.41. The van der Waals surface area contributed by atoms with Gasteiger partial charge in [0, 0.05) is 13.5 Å². The molecule has 0 aliphatic heterocycles. The highest BCUT2D eigenvalue weighted by atomic mass is 16.4. The molecule has 1 aromatic carbocycles. The summed E-state index contributed by atoms with van der Waals surface area (Å²) in [6.45, 7) is 7.46. The van der Waals surface area contributed by atoms with Gasteiger partial charge in [-0.05, 0) is 24.0 Å². The summed E-state index contributed by atoms with van der Waals surface area (Å²) in [5, 5.41) is 9.00. The van der Waals surface area contributed by atoms with Crippen LogP contribution in [0.15, 0.2) is 24.3 Å². The molecule has 0 fully saturated rings. The standard InChI is InChI=1S/C15H21NO3/c1-10(2)14-7-5-13(6-8-14)9-16(12(4)17)11(3)15(18)19/h5-8,10-11H,9H2,1-4H3,(H,18,19). The lowest BCUT2D eigenvalue weighted by molar-refractivity contribution is -0.149. The first-order valence-electron chi connectivity index (χ1n) is 6.41. The Morgan fingerprint density at radius 3 is 2.05 bits per heavy atom. The Kier molecular flexibility index (Phi) is 5.10. The number of benzene rings is 1. The Hall–Kier alpha value is -1.84. The van der Waals surface area contributed by atoms with Gasteiger partial charge in [0.2, 0.25) is 5.91 Å². The van der Waals surface area contributed by atoms with E-state index in [2.05, 4.69) is 13.8 Å². The van der Waals surface area contributed by atoms with Gasteiger partial charge in [0.05, 0.1) is 0 Å². The number of carbonyl (C=O) groups excluding carboxylic acids is 1. The number of hydrogen-bond acceptors (Lipinski definition) is 2. The van der Waals surface area contributed by atoms with Crippen molar-refractivity contribution in [1.82, 2.24) is 4.90 Å². The summed E-state index contributed by atoms with van der Waals surface area (Å²) in [7, 11) is 0. The molecular formula is C15H21NO3. The van der Waals surface area contributed by atoms with Crippen molar-refractivity contribution in [2.75, 3.05) is 0 Å². The van der Waals surface area contributed by atoms with Crippen LogP contribution in [-0.2, 0) is 16.1 Å². The van der Waals surface area contributed by atoms with Crippen LogP contribution in [0.25, 0.3) is 0 Å². The van der Waals surface area contributed by atoms with Gasteiger partial charge in [-0.15, -0.1) is 0 Å². The van der Waals surface area contributed by atoms with Crippen LogP contribution in [0.4, 0.5) is 0 Å². The van der Waals surface area contributed by atoms with Gasteiger partial charge < -0.3 is 10.0 Å². The van der Waals surface area contributed by atoms with E-state index in [1.807, 2.05) is 24.3 Å². The average molecular weight is 263 g/mol. The Morgan fingerprint density at radius 2 is 1.68 bits per heavy atom. The number of amides is 1. The number of aliphatic carboxylic acids is 1. The summed E-state index contributed by atoms with van der Waals surface area (Å²) in [6.07, 6.45) is 0. The average Bonchev–Trinajstić information content (AvgIpc) is 2.35. The third-order valence-corrected chi connectivity index (χ3v) is 3.23. The number of carboxylic acids is 1. The Labute approximate surface area is 114 Å². The van der Waals surface area contributed by atoms with Crippen molar-refractivity contribution >= 4 is 11.9 Å². The molecule has 4 nitrogen and oxygen atoms in total. The fourth-order valence-corrected chi connectivity index (χ4v) is 1.86. The second kappa shape index (κ2) is 6.36. The number of hydrogen-bond donors (Lipinski definition) is 1. The zero-order valence-electron chi connectivity index (χ0n) is 11.9. The molecule has 0 aromatic heterocycles. The van der Waals surface area contributed by atoms with E-state index in [0.29, 0.717) is 12.5 Å². The van der Waals surface area contributed by atoms with Crippen LogP contribution in [0.5, 0.6) is 0 Å². The zero-order chi connectivity index (χ0) is 14.6. The largest absolute Gasteiger partial charge is 0.480 e. The lowest BCUT2D eigenvalue weighted by atomic mass is 10.0. The smallest absolute Gasteiger partial charge is 0.326 e. The van der Waals surface area contributed by atoms with Gasteiger partial charge in [-0.25, -0.2) is 4.79 Å². The molecule has 0 radical (unpaired) electrons. The zero-order valence-corrected chi connectivity index (χ0v) is 11.9. The van der Waals surface area contributed by atoms with Crippen molar-refractivity contribution < 1.29 is 14.7 Å². The van der Waals surface area contributed by atoms with Crippen LogP contribution in [0, 0.1) is 0 Å². The van der Waals surface area contributed by atoms with Crippen molar-refractivity contribution in [3.05, 3.63) is 35.4 Å². The molecule has 1 aromatic rings. The minimum absolute atomic E-state index is 0.233. The van der Waals surface area contributed by atoms with E-state index in [9.17, 15) is 9.59 Å². The molecule has 0 heterocycles. The highest BCUT2D eigenvalue weighted by Crippen LogP contribution is 2.16. The molecule has 0 aliphatic rings. The second-order valence-electron chi connectivity index (χ2n) is 5.06. The highest BCUT2D eigenvalue weighted by molar-refractivity contribution is 5.81. The third kappa shape index (κ3) is 4.09. The van der Waals surface area contributed by atoms with Crippen LogP contribution in [0.1, 0.15) is 44.7 Å². The van der Waals surface area contributed by atoms with Crippen molar-refractivity contribution in [3.63, 3.8) is 0 Å². The van der Waals surface area contributed by atoms with Crippen LogP contribution >= 0.6 is 0 Å². The van der Waals surface area contributed by atoms with Crippen molar-refractivity contribution in [2.24, 2.45) is 0 Å². The first-order valence-corrected chi connectivity index (χ1v) is 6.41. The predicted molar refractivity (Wildman–Crippen MR) is 73.9 cm³/mol. The van der Waals surface area contributed by atoms with Crippen molar-refractivity contribution in [3.8, 4) is 0 Å². The molecule has 1 amide bonds. The minimum Gasteiger partial charge on any atom is -0.480 e. The van der Waals surface area contributed by atoms with E-state index < -0.39 is 12.0 Å². The normalized spacial score (nSPS) is 12.3. The van der Waals surface area contributed by atoms with Gasteiger partial charge in [-0.2, -0.15) is 0 Å². The molecule has 1 N–H and O–H groups in total. The number of carbonyl (C=O) groups is 2. The molecule has 1 rings (SSSR count). The Balaban J connectivity index is 2.85. The maximum Gasteiger partial charge on any atom is 0.326 e. The van der Waals surface area contributed by atoms with Crippen molar-refractivity contribution in [1.29, 1.82) is 0 Å². The Morgan fingerprint density at radius 1 is 1.16 bits per heavy atom. The molecular weight excluding hydrogens is 242 g/mol. The maximum absolute atomic E-state index is 11.5. The topological polar surface area (TPSA) is 57.6 Å². The first-order chi connectivity index (χ1) is 8.82. The summed E-state index contributed by atoms with van der Waals surface area (Å²) in [6, 6.07) is 7.11. The number of nitrogens with zero attached hydrogens (tertiary/aromatic N) is 1. The van der Waals surface area contributed by atoms with Gasteiger partial charge in [0.25, 0.3) is 0 Å². The van der Waals surface area contributed by atoms with Gasteiger partial charge in [-0.1, -0.05) is 38.1 Å². The Bertz CT molecular complexity index is 451. The second-order valence-corrected chi connectivity index (χ2v) is 5.06. The number of carboxylic acid groups (broad SMARTS) is 1. The monoisotopic (exact) mass is 263 g/mol. The van der Waals surface area contributed by atoms with E-state index >= 15 is 0 Å². The third-order valence-electron chi connectivity index (χ3n) is 3.23. The van der Waals surface area contributed by atoms with E-state index in [0.717, 1.165) is 5.56 Å². The maximum atomic E-state index is 11.5. The van der Waals surface area contributed by atoms with Crippen LogP contribution in [0.2, 0.25) is 0 Å². The molecule has 1 unspecified atom stereocenters. The first kappa shape index (κ1) is 15.2. The fraction of sp³-hybridized carbons (Fsp3) is 0.467. The lowest BCUT2D eigenvalue weighted by Gasteiger charge is -2.25. The molecule has 1 atom stereocenters. The van der Waals surface area contributed by atoms with Crippen LogP contribution in [0.3, 0.4) is 0 Å². The quantitative estimate of drug-likeness (QED) is 0.888. The predicted octanol–water partition coefficient (Wildman–Crippen LogP) is 2.63. The molecule has 104 valence electrons. The van der Waals surface area contributed by atoms with Gasteiger partial charge in [-0.3, -0.25) is 4.79 Å². The summed E-state index contributed by atoms with van der Waals surface area (Å²) in [4.78, 5) is 23.9. The van der Waals surface area contributed by atoms with Crippen LogP contribution < -0.4 is 0 Å². The molecule has 0 saturated carbocycles. The summed E-state index contributed by atoms with van der Waals surface area (Å²) in [5.41, 5.74) is 2.16. The molecule has 0 bridgehead atoms. The van der Waals surface area contributed by atoms with Crippen LogP contribution in [-0.4, -0.2) is 27.9 Å². The summed E-state index contributed by atoms with van der Waals surface area (Å²) < 4.78 is 0. The summed E-state index contributed by atoms with van der Waals surface area (Å²) >= 11 is 0. The SMILES string of the molecule is CC(=O)N(Cc1ccc(C(C)C)cc1)C(C)C(=O)O. The van der Waals surface area contributed by atoms with E-state index in [-0.39, 0.29) is 5.91 Å². The molecule has 0 saturated heterocycles. The molecule has 4 heteroatoms. The molecule has 19 heavy (non-hydrogen) atoms. The van der Waals surface area contributed by atoms with Crippen molar-refractivity contribution in [2.45, 2.75) is 46.2 Å². The van der Waals surface area contributed by atoms with E-state index in [4.69, 9.17) is 5.11 Å². The van der Waals surface area contributed by atoms with E-state index in [1.165, 1.54) is 24.3 Å². The highest BCUT2D eigenvalue weighted by Gasteiger charge is 2.22. The van der Waals surface area contributed by atoms with E-state index in [1.54, 1.807) is 0 Å². The fourth-order valence-electron chi connectivity index (χ4n) is 1.86.